The van der Waals surface area contributed by atoms with Gasteiger partial charge in [-0.25, -0.2) is 4.98 Å². The molecule has 1 amide bonds. The van der Waals surface area contributed by atoms with E-state index in [2.05, 4.69) is 14.5 Å². The van der Waals surface area contributed by atoms with Gasteiger partial charge in [-0.15, -0.1) is 0 Å². The third-order valence-corrected chi connectivity index (χ3v) is 3.69. The number of nitrogens with zero attached hydrogens (tertiary/aromatic N) is 4. The van der Waals surface area contributed by atoms with Crippen molar-refractivity contribution in [2.75, 3.05) is 20.3 Å². The zero-order chi connectivity index (χ0) is 14.8. The fourth-order valence-corrected chi connectivity index (χ4v) is 2.72. The van der Waals surface area contributed by atoms with E-state index in [9.17, 15) is 4.79 Å². The molecule has 2 aromatic rings. The zero-order valence-corrected chi connectivity index (χ0v) is 12.2. The van der Waals surface area contributed by atoms with E-state index in [4.69, 9.17) is 4.74 Å². The van der Waals surface area contributed by atoms with Gasteiger partial charge in [0.1, 0.15) is 0 Å². The van der Waals surface area contributed by atoms with Gasteiger partial charge in [-0.3, -0.25) is 9.78 Å². The van der Waals surface area contributed by atoms with Crippen molar-refractivity contribution in [2.45, 2.75) is 19.5 Å². The highest BCUT2D eigenvalue weighted by Gasteiger charge is 2.28. The van der Waals surface area contributed by atoms with Crippen molar-refractivity contribution in [3.05, 3.63) is 47.8 Å². The van der Waals surface area contributed by atoms with Gasteiger partial charge in [-0.2, -0.15) is 0 Å². The average molecular weight is 286 g/mol. The van der Waals surface area contributed by atoms with E-state index in [0.717, 1.165) is 11.3 Å². The number of rotatable bonds is 3. The third-order valence-electron chi connectivity index (χ3n) is 3.69. The Balaban J connectivity index is 1.85. The lowest BCUT2D eigenvalue weighted by atomic mass is 10.1. The van der Waals surface area contributed by atoms with Gasteiger partial charge in [0.05, 0.1) is 36.8 Å². The van der Waals surface area contributed by atoms with Crippen LogP contribution in [-0.4, -0.2) is 45.6 Å². The van der Waals surface area contributed by atoms with E-state index in [1.165, 1.54) is 0 Å². The van der Waals surface area contributed by atoms with E-state index in [0.29, 0.717) is 25.3 Å². The molecule has 0 unspecified atom stereocenters. The molecular weight excluding hydrogens is 268 g/mol. The number of carbonyl (C=O) groups is 1. The number of pyridine rings is 1. The molecular formula is C15H18N4O2. The number of hydrogen-bond acceptors (Lipinski definition) is 4. The van der Waals surface area contributed by atoms with Crippen LogP contribution in [0.15, 0.2) is 31.0 Å². The highest BCUT2D eigenvalue weighted by atomic mass is 16.5. The number of aromatic nitrogens is 3. The van der Waals surface area contributed by atoms with Crippen LogP contribution in [0.5, 0.6) is 0 Å². The number of amides is 1. The van der Waals surface area contributed by atoms with Crippen LogP contribution in [0.2, 0.25) is 0 Å². The Morgan fingerprint density at radius 3 is 3.00 bits per heavy atom. The quantitative estimate of drug-likeness (QED) is 0.856. The SMILES string of the molecule is COC[C@H]1CN(C(=O)c2cncc(C)c2)Cc2cncn21. The van der Waals surface area contributed by atoms with Crippen molar-refractivity contribution in [3.8, 4) is 0 Å². The Bertz CT molecular complexity index is 653. The third kappa shape index (κ3) is 2.67. The van der Waals surface area contributed by atoms with Gasteiger partial charge in [0.15, 0.2) is 0 Å². The second-order valence-corrected chi connectivity index (χ2v) is 5.34. The van der Waals surface area contributed by atoms with Crippen LogP contribution in [0.25, 0.3) is 0 Å². The lowest BCUT2D eigenvalue weighted by Crippen LogP contribution is -2.42. The van der Waals surface area contributed by atoms with Gasteiger partial charge < -0.3 is 14.2 Å². The summed E-state index contributed by atoms with van der Waals surface area (Å²) < 4.78 is 7.35. The molecule has 0 N–H and O–H groups in total. The van der Waals surface area contributed by atoms with Gasteiger partial charge in [-0.1, -0.05) is 0 Å². The summed E-state index contributed by atoms with van der Waals surface area (Å²) in [5.74, 6) is -0.000229. The van der Waals surface area contributed by atoms with Crippen molar-refractivity contribution < 1.29 is 9.53 Å². The molecule has 110 valence electrons. The summed E-state index contributed by atoms with van der Waals surface area (Å²) in [6.07, 6.45) is 6.97. The van der Waals surface area contributed by atoms with Crippen LogP contribution in [0.1, 0.15) is 27.7 Å². The normalized spacial score (nSPS) is 17.6. The van der Waals surface area contributed by atoms with E-state index in [1.54, 1.807) is 32.0 Å². The summed E-state index contributed by atoms with van der Waals surface area (Å²) in [5.41, 5.74) is 2.63. The maximum absolute atomic E-state index is 12.6. The summed E-state index contributed by atoms with van der Waals surface area (Å²) >= 11 is 0. The largest absolute Gasteiger partial charge is 0.382 e. The minimum absolute atomic E-state index is 0.000229. The van der Waals surface area contributed by atoms with E-state index in [-0.39, 0.29) is 11.9 Å². The molecule has 3 rings (SSSR count). The molecule has 0 spiro atoms. The minimum Gasteiger partial charge on any atom is -0.382 e. The van der Waals surface area contributed by atoms with Crippen molar-refractivity contribution in [2.24, 2.45) is 0 Å². The standard InChI is InChI=1S/C15H18N4O2/c1-11-3-12(5-16-4-11)15(20)18-7-13-6-17-10-19(13)14(8-18)9-21-2/h3-6,10,14H,7-9H2,1-2H3/t14-/m1/s1. The number of imidazole rings is 1. The molecule has 0 aromatic carbocycles. The van der Waals surface area contributed by atoms with Crippen molar-refractivity contribution in [1.29, 1.82) is 0 Å². The molecule has 0 saturated heterocycles. The fourth-order valence-electron chi connectivity index (χ4n) is 2.72. The van der Waals surface area contributed by atoms with Crippen LogP contribution in [0.4, 0.5) is 0 Å². The second-order valence-electron chi connectivity index (χ2n) is 5.34. The van der Waals surface area contributed by atoms with Crippen molar-refractivity contribution in [1.82, 2.24) is 19.4 Å². The molecule has 3 heterocycles. The number of methoxy groups -OCH3 is 1. The van der Waals surface area contributed by atoms with Gasteiger partial charge in [0.25, 0.3) is 5.91 Å². The lowest BCUT2D eigenvalue weighted by Gasteiger charge is -2.34. The Morgan fingerprint density at radius 1 is 1.38 bits per heavy atom. The molecule has 1 aliphatic rings. The smallest absolute Gasteiger partial charge is 0.255 e. The van der Waals surface area contributed by atoms with Gasteiger partial charge in [0, 0.05) is 32.2 Å². The Labute approximate surface area is 123 Å². The fraction of sp³-hybridized carbons (Fsp3) is 0.400. The monoisotopic (exact) mass is 286 g/mol. The molecule has 21 heavy (non-hydrogen) atoms. The first-order valence-electron chi connectivity index (χ1n) is 6.89. The maximum atomic E-state index is 12.6. The first-order valence-corrected chi connectivity index (χ1v) is 6.89. The predicted molar refractivity (Wildman–Crippen MR) is 76.9 cm³/mol. The topological polar surface area (TPSA) is 60.2 Å². The van der Waals surface area contributed by atoms with Crippen LogP contribution in [0, 0.1) is 6.92 Å². The number of fused-ring (bicyclic) bond motifs is 1. The molecule has 0 radical (unpaired) electrons. The Morgan fingerprint density at radius 2 is 2.24 bits per heavy atom. The summed E-state index contributed by atoms with van der Waals surface area (Å²) in [7, 11) is 1.67. The second kappa shape index (κ2) is 5.65. The summed E-state index contributed by atoms with van der Waals surface area (Å²) in [6, 6.07) is 1.97. The minimum atomic E-state index is -0.000229. The number of aryl methyl sites for hydroxylation is 1. The molecule has 1 aliphatic heterocycles. The van der Waals surface area contributed by atoms with Crippen LogP contribution in [-0.2, 0) is 11.3 Å². The van der Waals surface area contributed by atoms with E-state index < -0.39 is 0 Å². The summed E-state index contributed by atoms with van der Waals surface area (Å²) in [6.45, 7) is 3.67. The molecule has 0 saturated carbocycles. The first-order chi connectivity index (χ1) is 10.2. The van der Waals surface area contributed by atoms with E-state index >= 15 is 0 Å². The lowest BCUT2D eigenvalue weighted by molar-refractivity contribution is 0.0599. The Hall–Kier alpha value is -2.21. The predicted octanol–water partition coefficient (Wildman–Crippen LogP) is 1.43. The zero-order valence-electron chi connectivity index (χ0n) is 12.2. The maximum Gasteiger partial charge on any atom is 0.255 e. The van der Waals surface area contributed by atoms with Crippen LogP contribution >= 0.6 is 0 Å². The summed E-state index contributed by atoms with van der Waals surface area (Å²) in [4.78, 5) is 22.8. The highest BCUT2D eigenvalue weighted by Crippen LogP contribution is 2.22. The van der Waals surface area contributed by atoms with E-state index in [1.807, 2.05) is 17.9 Å². The molecule has 0 aliphatic carbocycles. The molecule has 0 fully saturated rings. The molecule has 0 bridgehead atoms. The molecule has 6 heteroatoms. The average Bonchev–Trinajstić information content (AvgIpc) is 2.95. The molecule has 6 nitrogen and oxygen atoms in total. The molecule has 2 aromatic heterocycles. The number of carbonyl (C=O) groups excluding carboxylic acids is 1. The van der Waals surface area contributed by atoms with Crippen molar-refractivity contribution >= 4 is 5.91 Å². The highest BCUT2D eigenvalue weighted by molar-refractivity contribution is 5.94. The number of hydrogen-bond donors (Lipinski definition) is 0. The van der Waals surface area contributed by atoms with Crippen LogP contribution in [0.3, 0.4) is 0 Å². The Kier molecular flexibility index (Phi) is 3.70. The van der Waals surface area contributed by atoms with Gasteiger partial charge >= 0.3 is 0 Å². The van der Waals surface area contributed by atoms with Crippen molar-refractivity contribution in [3.63, 3.8) is 0 Å². The number of ether oxygens (including phenoxy) is 1. The first kappa shape index (κ1) is 13.8. The molecule has 1 atom stereocenters. The van der Waals surface area contributed by atoms with Gasteiger partial charge in [0.2, 0.25) is 0 Å². The van der Waals surface area contributed by atoms with Gasteiger partial charge in [-0.05, 0) is 18.6 Å². The summed E-state index contributed by atoms with van der Waals surface area (Å²) in [5, 5.41) is 0. The van der Waals surface area contributed by atoms with Crippen LogP contribution < -0.4 is 0 Å².